The van der Waals surface area contributed by atoms with Gasteiger partial charge in [0.1, 0.15) is 17.8 Å². The lowest BCUT2D eigenvalue weighted by Gasteiger charge is -2.12. The summed E-state index contributed by atoms with van der Waals surface area (Å²) >= 11 is 0. The number of hydrogen-bond acceptors (Lipinski definition) is 3. The number of carbonyl (C=O) groups is 1. The molecule has 0 N–H and O–H groups in total. The van der Waals surface area contributed by atoms with E-state index in [0.717, 1.165) is 28.9 Å². The first kappa shape index (κ1) is 10.6. The molecule has 0 amide bonds. The van der Waals surface area contributed by atoms with E-state index in [0.29, 0.717) is 6.42 Å². The molecule has 0 bridgehead atoms. The zero-order valence-electron chi connectivity index (χ0n) is 8.66. The van der Waals surface area contributed by atoms with E-state index in [9.17, 15) is 4.79 Å². The molecule has 0 fully saturated rings. The highest BCUT2D eigenvalue weighted by molar-refractivity contribution is 5.60. The van der Waals surface area contributed by atoms with Crippen LogP contribution >= 0.6 is 0 Å². The number of rotatable bonds is 4. The highest BCUT2D eigenvalue weighted by Gasteiger charge is 2.10. The summed E-state index contributed by atoms with van der Waals surface area (Å²) in [6.45, 7) is 1.91. The maximum atomic E-state index is 10.4. The van der Waals surface area contributed by atoms with Gasteiger partial charge in [-0.1, -0.05) is 6.07 Å². The lowest BCUT2D eigenvalue weighted by Crippen LogP contribution is -1.98. The number of carbonyl (C=O) groups excluding carboxylic acids is 1. The van der Waals surface area contributed by atoms with E-state index < -0.39 is 0 Å². The third-order valence-electron chi connectivity index (χ3n) is 2.17. The Morgan fingerprint density at radius 1 is 1.29 bits per heavy atom. The average molecular weight is 194 g/mol. The van der Waals surface area contributed by atoms with Gasteiger partial charge in [-0.3, -0.25) is 0 Å². The smallest absolute Gasteiger partial charge is 0.129 e. The number of methoxy groups -OCH3 is 2. The summed E-state index contributed by atoms with van der Waals surface area (Å²) in [7, 11) is 3.21. The summed E-state index contributed by atoms with van der Waals surface area (Å²) in [5.74, 6) is 1.51. The third kappa shape index (κ3) is 1.87. The van der Waals surface area contributed by atoms with Crippen LogP contribution in [0.25, 0.3) is 0 Å². The molecule has 1 rings (SSSR count). The first-order valence-corrected chi connectivity index (χ1v) is 4.38. The Hall–Kier alpha value is -1.51. The minimum Gasteiger partial charge on any atom is -0.496 e. The van der Waals surface area contributed by atoms with E-state index in [1.54, 1.807) is 14.2 Å². The molecule has 1 aromatic carbocycles. The highest BCUT2D eigenvalue weighted by Crippen LogP contribution is 2.31. The molecule has 1 aromatic rings. The summed E-state index contributed by atoms with van der Waals surface area (Å²) in [6, 6.07) is 3.69. The minimum absolute atomic E-state index is 0.369. The summed E-state index contributed by atoms with van der Waals surface area (Å²) in [6.07, 6.45) is 1.23. The second-order valence-corrected chi connectivity index (χ2v) is 2.96. The van der Waals surface area contributed by atoms with Gasteiger partial charge >= 0.3 is 0 Å². The van der Waals surface area contributed by atoms with Crippen molar-refractivity contribution in [3.8, 4) is 11.5 Å². The van der Waals surface area contributed by atoms with Gasteiger partial charge in [-0.15, -0.1) is 0 Å². The van der Waals surface area contributed by atoms with Crippen molar-refractivity contribution in [1.29, 1.82) is 0 Å². The molecule has 76 valence electrons. The highest BCUT2D eigenvalue weighted by atomic mass is 16.5. The fraction of sp³-hybridized carbons (Fsp3) is 0.364. The fourth-order valence-corrected chi connectivity index (χ4v) is 1.49. The monoisotopic (exact) mass is 194 g/mol. The van der Waals surface area contributed by atoms with E-state index in [2.05, 4.69) is 0 Å². The summed E-state index contributed by atoms with van der Waals surface area (Å²) in [4.78, 5) is 10.4. The number of ether oxygens (including phenoxy) is 2. The molecular weight excluding hydrogens is 180 g/mol. The summed E-state index contributed by atoms with van der Waals surface area (Å²) in [5.41, 5.74) is 1.81. The Kier molecular flexibility index (Phi) is 3.51. The maximum Gasteiger partial charge on any atom is 0.129 e. The van der Waals surface area contributed by atoms with Gasteiger partial charge < -0.3 is 14.3 Å². The predicted molar refractivity (Wildman–Crippen MR) is 54.1 cm³/mol. The Morgan fingerprint density at radius 3 is 2.50 bits per heavy atom. The van der Waals surface area contributed by atoms with Gasteiger partial charge in [0.2, 0.25) is 0 Å². The molecule has 0 heterocycles. The van der Waals surface area contributed by atoms with Gasteiger partial charge in [0.05, 0.1) is 14.2 Å². The van der Waals surface area contributed by atoms with Crippen LogP contribution in [0.3, 0.4) is 0 Å². The van der Waals surface area contributed by atoms with Crippen molar-refractivity contribution in [2.75, 3.05) is 14.2 Å². The van der Waals surface area contributed by atoms with Crippen LogP contribution in [0.15, 0.2) is 12.1 Å². The molecule has 3 heteroatoms. The molecule has 0 atom stereocenters. The van der Waals surface area contributed by atoms with Crippen molar-refractivity contribution in [2.24, 2.45) is 0 Å². The number of aldehydes is 1. The minimum atomic E-state index is 0.369. The van der Waals surface area contributed by atoms with Crippen LogP contribution in [0.1, 0.15) is 11.1 Å². The molecule has 3 nitrogen and oxygen atoms in total. The molecule has 0 aromatic heterocycles. The molecule has 0 aliphatic heterocycles. The molecule has 0 aliphatic carbocycles. The Labute approximate surface area is 83.6 Å². The topological polar surface area (TPSA) is 35.5 Å². The molecule has 0 unspecified atom stereocenters. The van der Waals surface area contributed by atoms with Gasteiger partial charge in [-0.05, 0) is 13.0 Å². The SMILES string of the molecule is COc1ccc(CC=O)c(OC)c1C. The van der Waals surface area contributed by atoms with Crippen LogP contribution in [-0.2, 0) is 11.2 Å². The number of hydrogen-bond donors (Lipinski definition) is 0. The Bertz CT molecular complexity index is 332. The second kappa shape index (κ2) is 4.65. The van der Waals surface area contributed by atoms with Crippen molar-refractivity contribution < 1.29 is 14.3 Å². The van der Waals surface area contributed by atoms with Crippen molar-refractivity contribution in [2.45, 2.75) is 13.3 Å². The van der Waals surface area contributed by atoms with Gasteiger partial charge in [0.25, 0.3) is 0 Å². The quantitative estimate of drug-likeness (QED) is 0.685. The second-order valence-electron chi connectivity index (χ2n) is 2.96. The van der Waals surface area contributed by atoms with Crippen molar-refractivity contribution >= 4 is 6.29 Å². The first-order chi connectivity index (χ1) is 6.74. The van der Waals surface area contributed by atoms with Gasteiger partial charge in [0.15, 0.2) is 0 Å². The third-order valence-corrected chi connectivity index (χ3v) is 2.17. The van der Waals surface area contributed by atoms with E-state index in [4.69, 9.17) is 9.47 Å². The molecule has 0 aliphatic rings. The van der Waals surface area contributed by atoms with E-state index >= 15 is 0 Å². The maximum absolute atomic E-state index is 10.4. The van der Waals surface area contributed by atoms with Crippen LogP contribution in [0.5, 0.6) is 11.5 Å². The molecular formula is C11H14O3. The zero-order valence-corrected chi connectivity index (χ0v) is 8.66. The lowest BCUT2D eigenvalue weighted by molar-refractivity contribution is -0.107. The van der Waals surface area contributed by atoms with E-state index in [1.807, 2.05) is 19.1 Å². The van der Waals surface area contributed by atoms with Crippen molar-refractivity contribution in [3.05, 3.63) is 23.3 Å². The molecule has 0 spiro atoms. The van der Waals surface area contributed by atoms with Crippen LogP contribution < -0.4 is 9.47 Å². The van der Waals surface area contributed by atoms with Crippen LogP contribution in [-0.4, -0.2) is 20.5 Å². The summed E-state index contributed by atoms with van der Waals surface area (Å²) < 4.78 is 10.4. The van der Waals surface area contributed by atoms with Gasteiger partial charge in [-0.25, -0.2) is 0 Å². The predicted octanol–water partition coefficient (Wildman–Crippen LogP) is 1.75. The summed E-state index contributed by atoms with van der Waals surface area (Å²) in [5, 5.41) is 0. The van der Waals surface area contributed by atoms with Crippen LogP contribution in [0.4, 0.5) is 0 Å². The van der Waals surface area contributed by atoms with Crippen LogP contribution in [0.2, 0.25) is 0 Å². The number of benzene rings is 1. The van der Waals surface area contributed by atoms with Crippen molar-refractivity contribution in [3.63, 3.8) is 0 Å². The van der Waals surface area contributed by atoms with Crippen molar-refractivity contribution in [1.82, 2.24) is 0 Å². The van der Waals surface area contributed by atoms with Crippen LogP contribution in [0, 0.1) is 6.92 Å². The average Bonchev–Trinajstić information content (AvgIpc) is 2.19. The van der Waals surface area contributed by atoms with Gasteiger partial charge in [-0.2, -0.15) is 0 Å². The van der Waals surface area contributed by atoms with E-state index in [-0.39, 0.29) is 0 Å². The molecule has 0 radical (unpaired) electrons. The normalized spacial score (nSPS) is 9.64. The molecule has 0 saturated carbocycles. The first-order valence-electron chi connectivity index (χ1n) is 4.38. The van der Waals surface area contributed by atoms with E-state index in [1.165, 1.54) is 0 Å². The standard InChI is InChI=1S/C11H14O3/c1-8-10(13-2)5-4-9(6-7-12)11(8)14-3/h4-5,7H,6H2,1-3H3. The Morgan fingerprint density at radius 2 is 2.00 bits per heavy atom. The largest absolute Gasteiger partial charge is 0.496 e. The molecule has 0 saturated heterocycles. The van der Waals surface area contributed by atoms with Gasteiger partial charge in [0, 0.05) is 17.5 Å². The zero-order chi connectivity index (χ0) is 10.6. The Balaban J connectivity index is 3.20. The lowest BCUT2D eigenvalue weighted by atomic mass is 10.1. The molecule has 14 heavy (non-hydrogen) atoms. The fourth-order valence-electron chi connectivity index (χ4n) is 1.49.